The fourth-order valence-corrected chi connectivity index (χ4v) is 2.48. The van der Waals surface area contributed by atoms with Gasteiger partial charge in [0.1, 0.15) is 10.6 Å². The van der Waals surface area contributed by atoms with E-state index >= 15 is 0 Å². The number of nitrogens with zero attached hydrogens (tertiary/aromatic N) is 1. The number of ketones is 1. The molecular formula is C15H15NO4S. The van der Waals surface area contributed by atoms with Gasteiger partial charge in [0.25, 0.3) is 0 Å². The van der Waals surface area contributed by atoms with Crippen LogP contribution in [0.1, 0.15) is 20.2 Å². The number of hydrogen-bond donors (Lipinski definition) is 0. The van der Waals surface area contributed by atoms with Crippen molar-refractivity contribution in [3.05, 3.63) is 46.5 Å². The maximum Gasteiger partial charge on any atom is 0.348 e. The van der Waals surface area contributed by atoms with Crippen molar-refractivity contribution >= 4 is 23.1 Å². The Morgan fingerprint density at radius 2 is 2.05 bits per heavy atom. The third-order valence-electron chi connectivity index (χ3n) is 2.67. The van der Waals surface area contributed by atoms with Crippen LogP contribution in [0.25, 0.3) is 11.3 Å². The molecule has 0 atom stereocenters. The van der Waals surface area contributed by atoms with Gasteiger partial charge in [-0.15, -0.1) is 11.3 Å². The molecule has 0 unspecified atom stereocenters. The summed E-state index contributed by atoms with van der Waals surface area (Å²) < 4.78 is 10.3. The van der Waals surface area contributed by atoms with Crippen LogP contribution < -0.4 is 0 Å². The molecule has 110 valence electrons. The van der Waals surface area contributed by atoms with Gasteiger partial charge in [0.05, 0.1) is 7.11 Å². The molecule has 5 nitrogen and oxygen atoms in total. The fourth-order valence-electron chi connectivity index (χ4n) is 1.67. The Hall–Kier alpha value is -2.34. The molecule has 0 saturated heterocycles. The van der Waals surface area contributed by atoms with Crippen molar-refractivity contribution in [1.82, 2.24) is 4.90 Å². The Morgan fingerprint density at radius 1 is 1.29 bits per heavy atom. The number of esters is 1. The molecule has 0 bridgehead atoms. The van der Waals surface area contributed by atoms with Crippen LogP contribution in [0.5, 0.6) is 0 Å². The highest BCUT2D eigenvalue weighted by atomic mass is 32.1. The van der Waals surface area contributed by atoms with Gasteiger partial charge >= 0.3 is 5.97 Å². The SMILES string of the molecule is COC(=O)c1sccc1-c1ccc(C(=O)/C=C/N(C)C)o1. The zero-order valence-corrected chi connectivity index (χ0v) is 12.8. The predicted octanol–water partition coefficient (Wildman–Crippen LogP) is 3.05. The first-order valence-corrected chi connectivity index (χ1v) is 7.06. The van der Waals surface area contributed by atoms with Gasteiger partial charge < -0.3 is 14.1 Å². The van der Waals surface area contributed by atoms with Gasteiger partial charge in [0.2, 0.25) is 5.78 Å². The molecule has 6 heteroatoms. The molecule has 0 spiro atoms. The normalized spacial score (nSPS) is 10.8. The lowest BCUT2D eigenvalue weighted by Crippen LogP contribution is -2.02. The maximum absolute atomic E-state index is 11.9. The molecule has 2 heterocycles. The Bertz CT molecular complexity index is 681. The van der Waals surface area contributed by atoms with Crippen molar-refractivity contribution in [3.63, 3.8) is 0 Å². The monoisotopic (exact) mass is 305 g/mol. The second-order valence-corrected chi connectivity index (χ2v) is 5.38. The zero-order valence-electron chi connectivity index (χ0n) is 12.0. The summed E-state index contributed by atoms with van der Waals surface area (Å²) >= 11 is 1.27. The first kappa shape index (κ1) is 15.1. The van der Waals surface area contributed by atoms with Gasteiger partial charge in [-0.3, -0.25) is 4.79 Å². The van der Waals surface area contributed by atoms with Gasteiger partial charge in [0.15, 0.2) is 5.76 Å². The zero-order chi connectivity index (χ0) is 15.4. The van der Waals surface area contributed by atoms with E-state index in [4.69, 9.17) is 9.15 Å². The number of ether oxygens (including phenoxy) is 1. The standard InChI is InChI=1S/C15H15NO4S/c1-16(2)8-6-11(17)13-5-4-12(20-13)10-7-9-21-14(10)15(18)19-3/h4-9H,1-3H3/b8-6+. The average Bonchev–Trinajstić information content (AvgIpc) is 3.11. The van der Waals surface area contributed by atoms with Crippen LogP contribution >= 0.6 is 11.3 Å². The Kier molecular flexibility index (Phi) is 4.59. The van der Waals surface area contributed by atoms with Gasteiger partial charge in [-0.2, -0.15) is 0 Å². The van der Waals surface area contributed by atoms with Gasteiger partial charge in [-0.1, -0.05) is 0 Å². The molecule has 21 heavy (non-hydrogen) atoms. The summed E-state index contributed by atoms with van der Waals surface area (Å²) in [6.07, 6.45) is 3.08. The summed E-state index contributed by atoms with van der Waals surface area (Å²) in [5.41, 5.74) is 0.627. The lowest BCUT2D eigenvalue weighted by molar-refractivity contribution is 0.0607. The number of allylic oxidation sites excluding steroid dienone is 1. The van der Waals surface area contributed by atoms with E-state index in [-0.39, 0.29) is 11.5 Å². The Balaban J connectivity index is 2.27. The van der Waals surface area contributed by atoms with E-state index in [1.807, 2.05) is 14.1 Å². The number of thiophene rings is 1. The van der Waals surface area contributed by atoms with E-state index < -0.39 is 5.97 Å². The van der Waals surface area contributed by atoms with Crippen molar-refractivity contribution < 1.29 is 18.7 Å². The summed E-state index contributed by atoms with van der Waals surface area (Å²) in [6.45, 7) is 0. The van der Waals surface area contributed by atoms with Crippen molar-refractivity contribution in [1.29, 1.82) is 0 Å². The smallest absolute Gasteiger partial charge is 0.348 e. The highest BCUT2D eigenvalue weighted by molar-refractivity contribution is 7.12. The number of hydrogen-bond acceptors (Lipinski definition) is 6. The number of rotatable bonds is 5. The molecule has 0 N–H and O–H groups in total. The van der Waals surface area contributed by atoms with Gasteiger partial charge in [0, 0.05) is 31.9 Å². The van der Waals surface area contributed by atoms with E-state index in [1.54, 1.807) is 34.7 Å². The van der Waals surface area contributed by atoms with Crippen LogP contribution in [0.15, 0.2) is 40.3 Å². The Morgan fingerprint density at radius 3 is 2.71 bits per heavy atom. The van der Waals surface area contributed by atoms with Crippen LogP contribution in [-0.4, -0.2) is 37.9 Å². The topological polar surface area (TPSA) is 59.8 Å². The molecule has 0 fully saturated rings. The molecular weight excluding hydrogens is 290 g/mol. The number of carbonyl (C=O) groups is 2. The van der Waals surface area contributed by atoms with E-state index in [0.29, 0.717) is 16.2 Å². The fraction of sp³-hybridized carbons (Fsp3) is 0.200. The lowest BCUT2D eigenvalue weighted by Gasteiger charge is -2.01. The molecule has 0 aromatic carbocycles. The van der Waals surface area contributed by atoms with Crippen molar-refractivity contribution in [2.45, 2.75) is 0 Å². The third kappa shape index (κ3) is 3.41. The predicted molar refractivity (Wildman–Crippen MR) is 80.5 cm³/mol. The minimum atomic E-state index is -0.420. The van der Waals surface area contributed by atoms with E-state index in [0.717, 1.165) is 0 Å². The molecule has 2 aromatic rings. The minimum Gasteiger partial charge on any atom is -0.465 e. The minimum absolute atomic E-state index is 0.227. The highest BCUT2D eigenvalue weighted by Crippen LogP contribution is 2.30. The molecule has 0 saturated carbocycles. The van der Waals surface area contributed by atoms with E-state index in [1.165, 1.54) is 24.5 Å². The van der Waals surface area contributed by atoms with Crippen molar-refractivity contribution in [2.24, 2.45) is 0 Å². The largest absolute Gasteiger partial charge is 0.465 e. The first-order valence-electron chi connectivity index (χ1n) is 6.18. The van der Waals surface area contributed by atoms with E-state index in [2.05, 4.69) is 0 Å². The van der Waals surface area contributed by atoms with Crippen LogP contribution in [0, 0.1) is 0 Å². The van der Waals surface area contributed by atoms with Crippen molar-refractivity contribution in [2.75, 3.05) is 21.2 Å². The maximum atomic E-state index is 11.9. The van der Waals surface area contributed by atoms with Crippen LogP contribution in [0.3, 0.4) is 0 Å². The molecule has 0 aliphatic heterocycles. The summed E-state index contributed by atoms with van der Waals surface area (Å²) in [4.78, 5) is 25.8. The summed E-state index contributed by atoms with van der Waals surface area (Å²) in [5.74, 6) is 0.0462. The molecule has 2 aromatic heterocycles. The van der Waals surface area contributed by atoms with Crippen LogP contribution in [0.2, 0.25) is 0 Å². The van der Waals surface area contributed by atoms with Crippen LogP contribution in [0.4, 0.5) is 0 Å². The Labute approximate surface area is 126 Å². The summed E-state index contributed by atoms with van der Waals surface area (Å²) in [7, 11) is 4.98. The average molecular weight is 305 g/mol. The summed E-state index contributed by atoms with van der Waals surface area (Å²) in [5, 5.41) is 1.78. The molecule has 0 aliphatic carbocycles. The quantitative estimate of drug-likeness (QED) is 0.483. The van der Waals surface area contributed by atoms with Gasteiger partial charge in [-0.25, -0.2) is 4.79 Å². The van der Waals surface area contributed by atoms with E-state index in [9.17, 15) is 9.59 Å². The molecule has 0 amide bonds. The second kappa shape index (κ2) is 6.41. The summed E-state index contributed by atoms with van der Waals surface area (Å²) in [6, 6.07) is 5.03. The van der Waals surface area contributed by atoms with Crippen molar-refractivity contribution in [3.8, 4) is 11.3 Å². The molecule has 0 aliphatic rings. The lowest BCUT2D eigenvalue weighted by atomic mass is 10.2. The second-order valence-electron chi connectivity index (χ2n) is 4.46. The molecule has 0 radical (unpaired) electrons. The highest BCUT2D eigenvalue weighted by Gasteiger charge is 2.18. The molecule has 2 rings (SSSR count). The number of furan rings is 1. The third-order valence-corrected chi connectivity index (χ3v) is 3.57. The number of carbonyl (C=O) groups excluding carboxylic acids is 2. The first-order chi connectivity index (χ1) is 10.0. The van der Waals surface area contributed by atoms with Crippen LogP contribution in [-0.2, 0) is 4.74 Å². The number of methoxy groups -OCH3 is 1. The van der Waals surface area contributed by atoms with Gasteiger partial charge in [-0.05, 0) is 23.6 Å².